The first-order valence-corrected chi connectivity index (χ1v) is 8.21. The zero-order valence-electron chi connectivity index (χ0n) is 12.8. The summed E-state index contributed by atoms with van der Waals surface area (Å²) in [6, 6.07) is 12.2. The van der Waals surface area contributed by atoms with Crippen LogP contribution in [0.5, 0.6) is 0 Å². The zero-order chi connectivity index (χ0) is 17.0. The molecule has 6 heteroatoms. The van der Waals surface area contributed by atoms with Crippen LogP contribution in [0, 0.1) is 0 Å². The lowest BCUT2D eigenvalue weighted by Crippen LogP contribution is -2.39. The highest BCUT2D eigenvalue weighted by Gasteiger charge is 2.19. The number of carbonyl (C=O) groups excluding carboxylic acids is 1. The second-order valence-electron chi connectivity index (χ2n) is 5.33. The summed E-state index contributed by atoms with van der Waals surface area (Å²) in [5, 5.41) is 4.46. The van der Waals surface area contributed by atoms with Crippen molar-refractivity contribution in [1.82, 2.24) is 4.90 Å². The summed E-state index contributed by atoms with van der Waals surface area (Å²) < 4.78 is 0. The minimum Gasteiger partial charge on any atom is -0.323 e. The highest BCUT2D eigenvalue weighted by Crippen LogP contribution is 2.25. The SMILES string of the molecule is C[C@H](C(=O)Nc1ccc(Cl)cc1Cl)N(C)Cc1ccc(Cl)cc1. The number of likely N-dealkylation sites (N-methyl/N-ethyl adjacent to an activating group) is 1. The van der Waals surface area contributed by atoms with Crippen LogP contribution in [0.15, 0.2) is 42.5 Å². The second-order valence-corrected chi connectivity index (χ2v) is 6.61. The molecule has 0 fully saturated rings. The smallest absolute Gasteiger partial charge is 0.241 e. The summed E-state index contributed by atoms with van der Waals surface area (Å²) >= 11 is 17.8. The lowest BCUT2D eigenvalue weighted by Gasteiger charge is -2.24. The lowest BCUT2D eigenvalue weighted by molar-refractivity contribution is -0.120. The number of halogens is 3. The van der Waals surface area contributed by atoms with Crippen molar-refractivity contribution in [2.75, 3.05) is 12.4 Å². The maximum absolute atomic E-state index is 12.4. The van der Waals surface area contributed by atoms with Gasteiger partial charge in [-0.2, -0.15) is 0 Å². The molecule has 0 aliphatic rings. The van der Waals surface area contributed by atoms with Crippen LogP contribution >= 0.6 is 34.8 Å². The van der Waals surface area contributed by atoms with Gasteiger partial charge in [-0.15, -0.1) is 0 Å². The van der Waals surface area contributed by atoms with Gasteiger partial charge < -0.3 is 5.32 Å². The van der Waals surface area contributed by atoms with E-state index in [0.29, 0.717) is 27.3 Å². The van der Waals surface area contributed by atoms with E-state index < -0.39 is 0 Å². The van der Waals surface area contributed by atoms with Gasteiger partial charge in [0.1, 0.15) is 0 Å². The standard InChI is InChI=1S/C17H17Cl3N2O/c1-11(22(2)10-12-3-5-13(18)6-4-12)17(23)21-16-8-7-14(19)9-15(16)20/h3-9,11H,10H2,1-2H3,(H,21,23)/t11-/m1/s1. The quantitative estimate of drug-likeness (QED) is 0.792. The van der Waals surface area contributed by atoms with Crippen LogP contribution in [0.4, 0.5) is 5.69 Å². The van der Waals surface area contributed by atoms with Crippen molar-refractivity contribution < 1.29 is 4.79 Å². The van der Waals surface area contributed by atoms with E-state index in [0.717, 1.165) is 5.56 Å². The minimum atomic E-state index is -0.322. The van der Waals surface area contributed by atoms with Crippen molar-refractivity contribution >= 4 is 46.4 Å². The number of nitrogens with zero attached hydrogens (tertiary/aromatic N) is 1. The fourth-order valence-corrected chi connectivity index (χ4v) is 2.62. The number of benzene rings is 2. The summed E-state index contributed by atoms with van der Waals surface area (Å²) in [6.07, 6.45) is 0. The summed E-state index contributed by atoms with van der Waals surface area (Å²) in [5.74, 6) is -0.134. The van der Waals surface area contributed by atoms with Crippen molar-refractivity contribution in [3.63, 3.8) is 0 Å². The molecule has 0 aliphatic heterocycles. The molecular weight excluding hydrogens is 355 g/mol. The van der Waals surface area contributed by atoms with Crippen molar-refractivity contribution in [2.24, 2.45) is 0 Å². The first-order chi connectivity index (χ1) is 10.9. The Balaban J connectivity index is 1.99. The molecule has 0 heterocycles. The number of hydrogen-bond acceptors (Lipinski definition) is 2. The molecule has 0 unspecified atom stereocenters. The highest BCUT2D eigenvalue weighted by molar-refractivity contribution is 6.36. The van der Waals surface area contributed by atoms with Crippen LogP contribution in [0.2, 0.25) is 15.1 Å². The third-order valence-electron chi connectivity index (χ3n) is 3.57. The number of amides is 1. The number of hydrogen-bond donors (Lipinski definition) is 1. The Bertz CT molecular complexity index is 689. The zero-order valence-corrected chi connectivity index (χ0v) is 15.1. The molecule has 1 amide bonds. The Kier molecular flexibility index (Phi) is 6.31. The van der Waals surface area contributed by atoms with Gasteiger partial charge in [0.25, 0.3) is 0 Å². The predicted octanol–water partition coefficient (Wildman–Crippen LogP) is 5.11. The number of nitrogens with one attached hydrogen (secondary N) is 1. The summed E-state index contributed by atoms with van der Waals surface area (Å²) in [5.41, 5.74) is 1.63. The van der Waals surface area contributed by atoms with Gasteiger partial charge in [-0.05, 0) is 49.9 Å². The Morgan fingerprint density at radius 3 is 2.30 bits per heavy atom. The van der Waals surface area contributed by atoms with Gasteiger partial charge in [0.2, 0.25) is 5.91 Å². The van der Waals surface area contributed by atoms with E-state index in [1.165, 1.54) is 0 Å². The van der Waals surface area contributed by atoms with Gasteiger partial charge in [0.05, 0.1) is 16.8 Å². The Hall–Kier alpha value is -1.26. The molecule has 0 spiro atoms. The average molecular weight is 372 g/mol. The second kappa shape index (κ2) is 8.02. The summed E-state index contributed by atoms with van der Waals surface area (Å²) in [4.78, 5) is 14.3. The molecule has 2 rings (SSSR count). The van der Waals surface area contributed by atoms with Gasteiger partial charge in [0.15, 0.2) is 0 Å². The van der Waals surface area contributed by atoms with Gasteiger partial charge in [-0.1, -0.05) is 46.9 Å². The van der Waals surface area contributed by atoms with Gasteiger partial charge in [-0.3, -0.25) is 9.69 Å². The minimum absolute atomic E-state index is 0.134. The van der Waals surface area contributed by atoms with Crippen LogP contribution in [0.3, 0.4) is 0 Å². The van der Waals surface area contributed by atoms with Crippen molar-refractivity contribution in [3.8, 4) is 0 Å². The van der Waals surface area contributed by atoms with E-state index in [9.17, 15) is 4.79 Å². The van der Waals surface area contributed by atoms with Crippen LogP contribution < -0.4 is 5.32 Å². The fourth-order valence-electron chi connectivity index (χ4n) is 2.04. The van der Waals surface area contributed by atoms with Crippen LogP contribution in [0.1, 0.15) is 12.5 Å². The molecule has 2 aromatic carbocycles. The Morgan fingerprint density at radius 2 is 1.70 bits per heavy atom. The maximum Gasteiger partial charge on any atom is 0.241 e. The average Bonchev–Trinajstić information content (AvgIpc) is 2.51. The summed E-state index contributed by atoms with van der Waals surface area (Å²) in [7, 11) is 1.89. The molecule has 0 aliphatic carbocycles. The van der Waals surface area contributed by atoms with Crippen molar-refractivity contribution in [1.29, 1.82) is 0 Å². The number of anilines is 1. The molecule has 23 heavy (non-hydrogen) atoms. The molecule has 1 atom stereocenters. The predicted molar refractivity (Wildman–Crippen MR) is 97.5 cm³/mol. The molecule has 0 saturated heterocycles. The van der Waals surface area contributed by atoms with E-state index in [1.54, 1.807) is 18.2 Å². The van der Waals surface area contributed by atoms with Gasteiger partial charge >= 0.3 is 0 Å². The first-order valence-electron chi connectivity index (χ1n) is 7.07. The van der Waals surface area contributed by atoms with Crippen LogP contribution in [-0.2, 0) is 11.3 Å². The largest absolute Gasteiger partial charge is 0.323 e. The van der Waals surface area contributed by atoms with Crippen molar-refractivity contribution in [2.45, 2.75) is 19.5 Å². The summed E-state index contributed by atoms with van der Waals surface area (Å²) in [6.45, 7) is 2.48. The lowest BCUT2D eigenvalue weighted by atomic mass is 10.2. The topological polar surface area (TPSA) is 32.3 Å². The fraction of sp³-hybridized carbons (Fsp3) is 0.235. The molecular formula is C17H17Cl3N2O. The van der Waals surface area contributed by atoms with E-state index in [4.69, 9.17) is 34.8 Å². The molecule has 0 saturated carbocycles. The Morgan fingerprint density at radius 1 is 1.09 bits per heavy atom. The molecule has 2 aromatic rings. The van der Waals surface area contributed by atoms with Crippen molar-refractivity contribution in [3.05, 3.63) is 63.1 Å². The monoisotopic (exact) mass is 370 g/mol. The maximum atomic E-state index is 12.4. The molecule has 0 bridgehead atoms. The Labute approximate surface area is 151 Å². The third kappa shape index (κ3) is 5.11. The first kappa shape index (κ1) is 18.1. The van der Waals surface area contributed by atoms with Gasteiger partial charge in [0, 0.05) is 16.6 Å². The molecule has 0 radical (unpaired) electrons. The van der Waals surface area contributed by atoms with Crippen LogP contribution in [0.25, 0.3) is 0 Å². The van der Waals surface area contributed by atoms with Crippen LogP contribution in [-0.4, -0.2) is 23.9 Å². The van der Waals surface area contributed by atoms with E-state index in [2.05, 4.69) is 5.32 Å². The van der Waals surface area contributed by atoms with Gasteiger partial charge in [-0.25, -0.2) is 0 Å². The highest BCUT2D eigenvalue weighted by atomic mass is 35.5. The molecule has 0 aromatic heterocycles. The number of carbonyl (C=O) groups is 1. The van der Waals surface area contributed by atoms with E-state index in [-0.39, 0.29) is 11.9 Å². The number of rotatable bonds is 5. The molecule has 122 valence electrons. The normalized spacial score (nSPS) is 12.3. The van der Waals surface area contributed by atoms with E-state index in [1.807, 2.05) is 43.1 Å². The van der Waals surface area contributed by atoms with E-state index >= 15 is 0 Å². The molecule has 1 N–H and O–H groups in total. The molecule has 3 nitrogen and oxygen atoms in total. The third-order valence-corrected chi connectivity index (χ3v) is 4.37.